The van der Waals surface area contributed by atoms with Crippen LogP contribution in [0, 0.1) is 11.8 Å². The van der Waals surface area contributed by atoms with Crippen LogP contribution in [0.15, 0.2) is 17.5 Å². The molecule has 0 saturated heterocycles. The highest BCUT2D eigenvalue weighted by atomic mass is 32.1. The summed E-state index contributed by atoms with van der Waals surface area (Å²) >= 11 is 1.67. The molecule has 1 unspecified atom stereocenters. The molecule has 4 heteroatoms. The molecule has 0 saturated carbocycles. The summed E-state index contributed by atoms with van der Waals surface area (Å²) in [5.41, 5.74) is 5.91. The van der Waals surface area contributed by atoms with Crippen LogP contribution in [0.5, 0.6) is 0 Å². The molecule has 0 radical (unpaired) electrons. The van der Waals surface area contributed by atoms with Gasteiger partial charge >= 0.3 is 0 Å². The maximum Gasteiger partial charge on any atom is 0.237 e. The zero-order valence-electron chi connectivity index (χ0n) is 11.6. The molecule has 1 aromatic rings. The lowest BCUT2D eigenvalue weighted by Crippen LogP contribution is -2.43. The second-order valence-electron chi connectivity index (χ2n) is 5.48. The van der Waals surface area contributed by atoms with Gasteiger partial charge in [0, 0.05) is 4.88 Å². The van der Waals surface area contributed by atoms with Crippen molar-refractivity contribution in [2.75, 3.05) is 0 Å². The van der Waals surface area contributed by atoms with Gasteiger partial charge in [-0.05, 0) is 29.7 Å². The second-order valence-corrected chi connectivity index (χ2v) is 6.46. The standard InChI is InChI=1S/C14H24N2OS/c1-9(2)8-11(15)14(17)16-13(10(3)4)12-6-5-7-18-12/h5-7,9-11,13H,8,15H2,1-4H3,(H,16,17)/t11-,13?/m0/s1. The highest BCUT2D eigenvalue weighted by Crippen LogP contribution is 2.25. The third-order valence-corrected chi connectivity index (χ3v) is 3.83. The summed E-state index contributed by atoms with van der Waals surface area (Å²) in [7, 11) is 0. The number of hydrogen-bond donors (Lipinski definition) is 2. The van der Waals surface area contributed by atoms with Gasteiger partial charge in [0.25, 0.3) is 0 Å². The monoisotopic (exact) mass is 268 g/mol. The van der Waals surface area contributed by atoms with Gasteiger partial charge in [-0.1, -0.05) is 33.8 Å². The smallest absolute Gasteiger partial charge is 0.237 e. The molecule has 3 nitrogen and oxygen atoms in total. The minimum Gasteiger partial charge on any atom is -0.347 e. The van der Waals surface area contributed by atoms with Crippen LogP contribution in [0.1, 0.15) is 45.0 Å². The molecule has 0 aliphatic heterocycles. The second kappa shape index (κ2) is 6.90. The summed E-state index contributed by atoms with van der Waals surface area (Å²) in [5, 5.41) is 5.10. The molecule has 1 rings (SSSR count). The van der Waals surface area contributed by atoms with Crippen LogP contribution in [-0.4, -0.2) is 11.9 Å². The van der Waals surface area contributed by atoms with Crippen LogP contribution in [0.25, 0.3) is 0 Å². The Hall–Kier alpha value is -0.870. The number of hydrogen-bond acceptors (Lipinski definition) is 3. The molecule has 0 fully saturated rings. The largest absolute Gasteiger partial charge is 0.347 e. The lowest BCUT2D eigenvalue weighted by atomic mass is 10.00. The van der Waals surface area contributed by atoms with Crippen molar-refractivity contribution < 1.29 is 4.79 Å². The van der Waals surface area contributed by atoms with E-state index in [-0.39, 0.29) is 11.9 Å². The SMILES string of the molecule is CC(C)C[C@H](N)C(=O)NC(c1cccs1)C(C)C. The molecule has 0 spiro atoms. The molecule has 0 bridgehead atoms. The number of carbonyl (C=O) groups is 1. The van der Waals surface area contributed by atoms with E-state index in [9.17, 15) is 4.79 Å². The van der Waals surface area contributed by atoms with E-state index in [1.807, 2.05) is 11.4 Å². The molecule has 0 aromatic carbocycles. The van der Waals surface area contributed by atoms with Crippen LogP contribution in [0.4, 0.5) is 0 Å². The van der Waals surface area contributed by atoms with E-state index in [2.05, 4.69) is 39.1 Å². The fourth-order valence-electron chi connectivity index (χ4n) is 1.91. The molecular formula is C14H24N2OS. The van der Waals surface area contributed by atoms with E-state index in [0.717, 1.165) is 6.42 Å². The predicted octanol–water partition coefficient (Wildman–Crippen LogP) is 2.93. The lowest BCUT2D eigenvalue weighted by molar-refractivity contribution is -0.123. The van der Waals surface area contributed by atoms with Crippen molar-refractivity contribution in [3.63, 3.8) is 0 Å². The van der Waals surface area contributed by atoms with Crippen molar-refractivity contribution in [1.82, 2.24) is 5.32 Å². The number of thiophene rings is 1. The molecule has 1 aromatic heterocycles. The molecule has 18 heavy (non-hydrogen) atoms. The van der Waals surface area contributed by atoms with Gasteiger partial charge in [0.1, 0.15) is 0 Å². The van der Waals surface area contributed by atoms with Gasteiger partial charge in [0.15, 0.2) is 0 Å². The third-order valence-electron chi connectivity index (χ3n) is 2.88. The Morgan fingerprint density at radius 1 is 1.39 bits per heavy atom. The summed E-state index contributed by atoms with van der Waals surface area (Å²) in [5.74, 6) is 0.750. The fraction of sp³-hybridized carbons (Fsp3) is 0.643. The van der Waals surface area contributed by atoms with Gasteiger partial charge in [-0.25, -0.2) is 0 Å². The first-order valence-corrected chi connectivity index (χ1v) is 7.39. The molecule has 0 aliphatic carbocycles. The maximum atomic E-state index is 12.1. The quantitative estimate of drug-likeness (QED) is 0.833. The molecule has 1 amide bonds. The Balaban J connectivity index is 2.65. The number of amides is 1. The summed E-state index contributed by atoms with van der Waals surface area (Å²) in [6, 6.07) is 3.72. The van der Waals surface area contributed by atoms with Crippen LogP contribution in [0.3, 0.4) is 0 Å². The zero-order valence-corrected chi connectivity index (χ0v) is 12.5. The molecule has 3 N–H and O–H groups in total. The number of rotatable bonds is 6. The van der Waals surface area contributed by atoms with Crippen molar-refractivity contribution >= 4 is 17.2 Å². The molecule has 0 aliphatic rings. The molecule has 1 heterocycles. The van der Waals surface area contributed by atoms with E-state index in [1.54, 1.807) is 11.3 Å². The van der Waals surface area contributed by atoms with Gasteiger partial charge in [-0.3, -0.25) is 4.79 Å². The molecule has 102 valence electrons. The Morgan fingerprint density at radius 2 is 2.06 bits per heavy atom. The van der Waals surface area contributed by atoms with Crippen LogP contribution in [0.2, 0.25) is 0 Å². The minimum atomic E-state index is -0.411. The van der Waals surface area contributed by atoms with E-state index in [1.165, 1.54) is 4.88 Å². The van der Waals surface area contributed by atoms with E-state index < -0.39 is 6.04 Å². The van der Waals surface area contributed by atoms with Gasteiger partial charge in [-0.2, -0.15) is 0 Å². The highest BCUT2D eigenvalue weighted by Gasteiger charge is 2.22. The Bertz CT molecular complexity index is 360. The van der Waals surface area contributed by atoms with E-state index >= 15 is 0 Å². The minimum absolute atomic E-state index is 0.0456. The van der Waals surface area contributed by atoms with Crippen molar-refractivity contribution in [1.29, 1.82) is 0 Å². The van der Waals surface area contributed by atoms with Crippen LogP contribution < -0.4 is 11.1 Å². The van der Waals surface area contributed by atoms with Crippen molar-refractivity contribution in [3.8, 4) is 0 Å². The maximum absolute atomic E-state index is 12.1. The Labute approximate surface area is 114 Å². The molecular weight excluding hydrogens is 244 g/mol. The summed E-state index contributed by atoms with van der Waals surface area (Å²) in [6.07, 6.45) is 0.723. The van der Waals surface area contributed by atoms with Gasteiger partial charge in [-0.15, -0.1) is 11.3 Å². The Morgan fingerprint density at radius 3 is 2.50 bits per heavy atom. The number of nitrogens with two attached hydrogens (primary N) is 1. The third kappa shape index (κ3) is 4.42. The fourth-order valence-corrected chi connectivity index (χ4v) is 2.86. The Kier molecular flexibility index (Phi) is 5.82. The van der Waals surface area contributed by atoms with Crippen LogP contribution in [-0.2, 0) is 4.79 Å². The first-order chi connectivity index (χ1) is 8.41. The number of carbonyl (C=O) groups excluding carboxylic acids is 1. The average Bonchev–Trinajstić information content (AvgIpc) is 2.77. The van der Waals surface area contributed by atoms with Crippen LogP contribution >= 0.6 is 11.3 Å². The highest BCUT2D eigenvalue weighted by molar-refractivity contribution is 7.10. The summed E-state index contributed by atoms with van der Waals surface area (Å²) in [4.78, 5) is 13.2. The topological polar surface area (TPSA) is 55.1 Å². The zero-order chi connectivity index (χ0) is 13.7. The predicted molar refractivity (Wildman–Crippen MR) is 77.5 cm³/mol. The van der Waals surface area contributed by atoms with Crippen molar-refractivity contribution in [3.05, 3.63) is 22.4 Å². The lowest BCUT2D eigenvalue weighted by Gasteiger charge is -2.23. The van der Waals surface area contributed by atoms with Crippen molar-refractivity contribution in [2.45, 2.75) is 46.2 Å². The first-order valence-electron chi connectivity index (χ1n) is 6.51. The van der Waals surface area contributed by atoms with Gasteiger partial charge < -0.3 is 11.1 Å². The normalized spacial score (nSPS) is 14.8. The first kappa shape index (κ1) is 15.2. The number of nitrogens with one attached hydrogen (secondary N) is 1. The summed E-state index contributed by atoms with van der Waals surface area (Å²) in [6.45, 7) is 8.37. The van der Waals surface area contributed by atoms with E-state index in [0.29, 0.717) is 11.8 Å². The van der Waals surface area contributed by atoms with Crippen molar-refractivity contribution in [2.24, 2.45) is 17.6 Å². The van der Waals surface area contributed by atoms with E-state index in [4.69, 9.17) is 5.73 Å². The van der Waals surface area contributed by atoms with Gasteiger partial charge in [0.05, 0.1) is 12.1 Å². The van der Waals surface area contributed by atoms with Gasteiger partial charge in [0.2, 0.25) is 5.91 Å². The average molecular weight is 268 g/mol. The molecule has 2 atom stereocenters. The summed E-state index contributed by atoms with van der Waals surface area (Å²) < 4.78 is 0.